The molecule has 1 nitrogen and oxygen atoms in total. The van der Waals surface area contributed by atoms with Crippen LogP contribution in [0.15, 0.2) is 24.5 Å². The second kappa shape index (κ2) is 7.03. The van der Waals surface area contributed by atoms with Crippen LogP contribution in [0.2, 0.25) is 0 Å². The second-order valence-electron chi connectivity index (χ2n) is 1.51. The molecular weight excluding hydrogens is 137 g/mol. The SMILES string of the molecule is CCn1cccc1.[CH3-].[K+]. The van der Waals surface area contributed by atoms with Crippen LogP contribution in [-0.2, 0) is 6.54 Å². The zero-order chi connectivity index (χ0) is 5.11. The maximum absolute atomic E-state index is 2.12. The predicted molar refractivity (Wildman–Crippen MR) is 36.5 cm³/mol. The Kier molecular flexibility index (Phi) is 9.82. The van der Waals surface area contributed by atoms with E-state index in [1.807, 2.05) is 12.1 Å². The van der Waals surface area contributed by atoms with Crippen molar-refractivity contribution in [2.75, 3.05) is 0 Å². The first kappa shape index (κ1) is 12.6. The standard InChI is InChI=1S/C6H9N.CH3.K/c1-2-7-5-3-4-6-7;;/h3-6H,2H2,1H3;1H3;/q;-1;+1. The molecule has 1 aromatic heterocycles. The van der Waals surface area contributed by atoms with Crippen molar-refractivity contribution < 1.29 is 51.4 Å². The number of nitrogens with zero attached hydrogens (tertiary/aromatic N) is 1. The van der Waals surface area contributed by atoms with Gasteiger partial charge in [-0.2, -0.15) is 0 Å². The van der Waals surface area contributed by atoms with E-state index in [4.69, 9.17) is 0 Å². The average molecular weight is 149 g/mol. The number of aryl methyl sites for hydroxylation is 1. The molecule has 0 aliphatic rings. The third-order valence-electron chi connectivity index (χ3n) is 1.03. The maximum atomic E-state index is 2.12. The molecule has 0 bridgehead atoms. The van der Waals surface area contributed by atoms with E-state index in [2.05, 4.69) is 23.9 Å². The van der Waals surface area contributed by atoms with Gasteiger partial charge in [-0.3, -0.25) is 0 Å². The first-order valence-corrected chi connectivity index (χ1v) is 2.54. The Hall–Kier alpha value is 0.916. The summed E-state index contributed by atoms with van der Waals surface area (Å²) in [4.78, 5) is 0. The molecule has 9 heavy (non-hydrogen) atoms. The van der Waals surface area contributed by atoms with E-state index in [-0.39, 0.29) is 58.8 Å². The minimum absolute atomic E-state index is 0. The molecule has 0 amide bonds. The molecule has 0 fully saturated rings. The Balaban J connectivity index is 0. The summed E-state index contributed by atoms with van der Waals surface area (Å²) < 4.78 is 2.12. The van der Waals surface area contributed by atoms with Crippen LogP contribution in [0.3, 0.4) is 0 Å². The molecule has 0 spiro atoms. The van der Waals surface area contributed by atoms with Crippen molar-refractivity contribution >= 4 is 0 Å². The van der Waals surface area contributed by atoms with Crippen molar-refractivity contribution in [2.24, 2.45) is 0 Å². The van der Waals surface area contributed by atoms with Crippen LogP contribution < -0.4 is 51.4 Å². The molecule has 0 atom stereocenters. The van der Waals surface area contributed by atoms with Gasteiger partial charge in [-0.05, 0) is 19.1 Å². The predicted octanol–water partition coefficient (Wildman–Crippen LogP) is -1.04. The first-order chi connectivity index (χ1) is 3.43. The summed E-state index contributed by atoms with van der Waals surface area (Å²) in [5, 5.41) is 0. The number of aromatic nitrogens is 1. The van der Waals surface area contributed by atoms with E-state index in [1.165, 1.54) is 0 Å². The molecule has 0 saturated heterocycles. The molecular formula is C7H12KN. The van der Waals surface area contributed by atoms with Crippen molar-refractivity contribution in [1.29, 1.82) is 0 Å². The van der Waals surface area contributed by atoms with Gasteiger partial charge in [0.1, 0.15) is 0 Å². The van der Waals surface area contributed by atoms with Crippen LogP contribution in [-0.4, -0.2) is 4.57 Å². The fourth-order valence-corrected chi connectivity index (χ4v) is 0.581. The number of rotatable bonds is 1. The third-order valence-corrected chi connectivity index (χ3v) is 1.03. The Labute approximate surface area is 99.9 Å². The number of hydrogen-bond donors (Lipinski definition) is 0. The summed E-state index contributed by atoms with van der Waals surface area (Å²) >= 11 is 0. The summed E-state index contributed by atoms with van der Waals surface area (Å²) in [5.41, 5.74) is 0. The fourth-order valence-electron chi connectivity index (χ4n) is 0.581. The molecule has 1 heterocycles. The Morgan fingerprint density at radius 1 is 1.22 bits per heavy atom. The van der Waals surface area contributed by atoms with Gasteiger partial charge >= 0.3 is 51.4 Å². The van der Waals surface area contributed by atoms with Crippen molar-refractivity contribution in [3.8, 4) is 0 Å². The van der Waals surface area contributed by atoms with E-state index >= 15 is 0 Å². The third kappa shape index (κ3) is 4.34. The Morgan fingerprint density at radius 3 is 1.89 bits per heavy atom. The minimum Gasteiger partial charge on any atom is -0.358 e. The molecule has 0 aromatic carbocycles. The zero-order valence-electron chi connectivity index (χ0n) is 6.46. The average Bonchev–Trinajstić information content (AvgIpc) is 2.14. The van der Waals surface area contributed by atoms with Crippen molar-refractivity contribution in [1.82, 2.24) is 4.57 Å². The Morgan fingerprint density at radius 2 is 1.67 bits per heavy atom. The molecule has 0 unspecified atom stereocenters. The van der Waals surface area contributed by atoms with Crippen LogP contribution in [0, 0.1) is 7.43 Å². The second-order valence-corrected chi connectivity index (χ2v) is 1.51. The van der Waals surface area contributed by atoms with Gasteiger partial charge in [-0.1, -0.05) is 0 Å². The zero-order valence-corrected chi connectivity index (χ0v) is 9.59. The topological polar surface area (TPSA) is 4.93 Å². The van der Waals surface area contributed by atoms with Crippen molar-refractivity contribution in [3.63, 3.8) is 0 Å². The summed E-state index contributed by atoms with van der Waals surface area (Å²) in [6, 6.07) is 4.06. The maximum Gasteiger partial charge on any atom is 1.00 e. The smallest absolute Gasteiger partial charge is 0.358 e. The quantitative estimate of drug-likeness (QED) is 0.355. The van der Waals surface area contributed by atoms with Crippen LogP contribution >= 0.6 is 0 Å². The molecule has 46 valence electrons. The van der Waals surface area contributed by atoms with E-state index in [0.717, 1.165) is 6.54 Å². The van der Waals surface area contributed by atoms with Gasteiger partial charge in [-0.15, -0.1) is 0 Å². The van der Waals surface area contributed by atoms with E-state index in [1.54, 1.807) is 0 Å². The van der Waals surface area contributed by atoms with Crippen LogP contribution in [0.5, 0.6) is 0 Å². The van der Waals surface area contributed by atoms with Crippen LogP contribution in [0.25, 0.3) is 0 Å². The fraction of sp³-hybridized carbons (Fsp3) is 0.286. The van der Waals surface area contributed by atoms with Gasteiger partial charge in [0.25, 0.3) is 0 Å². The molecule has 0 aliphatic carbocycles. The molecule has 0 saturated carbocycles. The normalized spacial score (nSPS) is 7.22. The van der Waals surface area contributed by atoms with Gasteiger partial charge in [-0.25, -0.2) is 0 Å². The van der Waals surface area contributed by atoms with Gasteiger partial charge in [0, 0.05) is 18.9 Å². The van der Waals surface area contributed by atoms with Gasteiger partial charge in [0.05, 0.1) is 0 Å². The summed E-state index contributed by atoms with van der Waals surface area (Å²) in [6.07, 6.45) is 4.11. The van der Waals surface area contributed by atoms with Crippen LogP contribution in [0.4, 0.5) is 0 Å². The van der Waals surface area contributed by atoms with Gasteiger partial charge in [0.2, 0.25) is 0 Å². The Bertz CT molecular complexity index is 123. The van der Waals surface area contributed by atoms with Crippen molar-refractivity contribution in [3.05, 3.63) is 32.0 Å². The first-order valence-electron chi connectivity index (χ1n) is 2.54. The van der Waals surface area contributed by atoms with E-state index in [0.29, 0.717) is 0 Å². The molecule has 0 aliphatic heterocycles. The monoisotopic (exact) mass is 149 g/mol. The minimum atomic E-state index is 0. The molecule has 0 N–H and O–H groups in total. The van der Waals surface area contributed by atoms with E-state index in [9.17, 15) is 0 Å². The molecule has 1 aromatic rings. The van der Waals surface area contributed by atoms with Crippen molar-refractivity contribution in [2.45, 2.75) is 13.5 Å². The van der Waals surface area contributed by atoms with Crippen LogP contribution in [0.1, 0.15) is 6.92 Å². The van der Waals surface area contributed by atoms with E-state index < -0.39 is 0 Å². The number of hydrogen-bond acceptors (Lipinski definition) is 0. The largest absolute Gasteiger partial charge is 1.00 e. The summed E-state index contributed by atoms with van der Waals surface area (Å²) in [6.45, 7) is 3.20. The van der Waals surface area contributed by atoms with Gasteiger partial charge in [0.15, 0.2) is 0 Å². The van der Waals surface area contributed by atoms with Gasteiger partial charge < -0.3 is 12.0 Å². The molecule has 0 radical (unpaired) electrons. The molecule has 2 heteroatoms. The summed E-state index contributed by atoms with van der Waals surface area (Å²) in [7, 11) is 0. The summed E-state index contributed by atoms with van der Waals surface area (Å²) in [5.74, 6) is 0. The molecule has 1 rings (SSSR count).